The van der Waals surface area contributed by atoms with Gasteiger partial charge in [-0.2, -0.15) is 5.10 Å². The molecular weight excluding hydrogens is 306 g/mol. The van der Waals surface area contributed by atoms with Crippen molar-refractivity contribution in [1.82, 2.24) is 25.7 Å². The molecule has 0 aliphatic carbocycles. The van der Waals surface area contributed by atoms with E-state index in [1.807, 2.05) is 25.3 Å². The normalized spacial score (nSPS) is 16.4. The van der Waals surface area contributed by atoms with E-state index in [1.54, 1.807) is 7.05 Å². The maximum Gasteiger partial charge on any atom is 0.233 e. The molecule has 3 N–H and O–H groups in total. The number of hydrogen-bond donors (Lipinski definition) is 3. The van der Waals surface area contributed by atoms with Crippen LogP contribution in [0.15, 0.2) is 22.7 Å². The second-order valence-corrected chi connectivity index (χ2v) is 6.29. The fourth-order valence-electron chi connectivity index (χ4n) is 3.06. The number of aryl methyl sites for hydroxylation is 1. The summed E-state index contributed by atoms with van der Waals surface area (Å²) in [5.41, 5.74) is 2.05. The Balaban J connectivity index is 1.49. The molecule has 0 bridgehead atoms. The average molecular weight is 331 g/mol. The first-order valence-corrected chi connectivity index (χ1v) is 8.41. The lowest BCUT2D eigenvalue weighted by atomic mass is 10.0. The van der Waals surface area contributed by atoms with Crippen molar-refractivity contribution in [2.24, 2.45) is 0 Å². The van der Waals surface area contributed by atoms with E-state index in [1.165, 1.54) is 0 Å². The van der Waals surface area contributed by atoms with Crippen LogP contribution in [0.2, 0.25) is 0 Å². The largest absolute Gasteiger partial charge is 0.460 e. The second-order valence-electron chi connectivity index (χ2n) is 6.29. The fraction of sp³-hybridized carbons (Fsp3) is 0.529. The molecule has 3 rings (SSSR count). The molecule has 1 aliphatic rings. The molecule has 1 amide bonds. The van der Waals surface area contributed by atoms with E-state index in [0.29, 0.717) is 12.6 Å². The van der Waals surface area contributed by atoms with Crippen molar-refractivity contribution in [2.75, 3.05) is 26.7 Å². The number of carbonyl (C=O) groups is 1. The number of piperidine rings is 1. The highest BCUT2D eigenvalue weighted by atomic mass is 16.3. The summed E-state index contributed by atoms with van der Waals surface area (Å²) in [6.45, 7) is 5.07. The van der Waals surface area contributed by atoms with Crippen LogP contribution in [0, 0.1) is 6.92 Å². The minimum Gasteiger partial charge on any atom is -0.460 e. The van der Waals surface area contributed by atoms with Gasteiger partial charge in [0.15, 0.2) is 5.76 Å². The van der Waals surface area contributed by atoms with Gasteiger partial charge >= 0.3 is 0 Å². The van der Waals surface area contributed by atoms with Crippen LogP contribution in [-0.2, 0) is 11.3 Å². The highest BCUT2D eigenvalue weighted by Crippen LogP contribution is 2.23. The third kappa shape index (κ3) is 4.04. The highest BCUT2D eigenvalue weighted by Gasteiger charge is 2.21. The Hall–Kier alpha value is -2.12. The van der Waals surface area contributed by atoms with Gasteiger partial charge in [0.05, 0.1) is 12.7 Å². The number of nitrogens with zero attached hydrogens (tertiary/aromatic N) is 2. The molecular formula is C17H25N5O2. The number of aromatic amines is 1. The van der Waals surface area contributed by atoms with E-state index in [9.17, 15) is 4.79 Å². The molecule has 2 aromatic rings. The van der Waals surface area contributed by atoms with Crippen LogP contribution in [0.3, 0.4) is 0 Å². The Labute approximate surface area is 141 Å². The second kappa shape index (κ2) is 7.63. The molecule has 1 saturated heterocycles. The number of nitrogens with one attached hydrogen (secondary N) is 3. The van der Waals surface area contributed by atoms with Crippen molar-refractivity contribution in [1.29, 1.82) is 0 Å². The highest BCUT2D eigenvalue weighted by molar-refractivity contribution is 5.77. The van der Waals surface area contributed by atoms with Crippen molar-refractivity contribution >= 4 is 5.91 Å². The summed E-state index contributed by atoms with van der Waals surface area (Å²) in [7, 11) is 1.68. The van der Waals surface area contributed by atoms with E-state index in [4.69, 9.17) is 4.42 Å². The zero-order chi connectivity index (χ0) is 16.9. The molecule has 0 aromatic carbocycles. The molecule has 7 nitrogen and oxygen atoms in total. The standard InChI is InChI=1S/C17H25N5O2/c1-12-3-4-15(24-12)17-13(10-20-21-17)9-19-14-5-7-22(8-6-14)11-16(23)18-2/h3-4,10,14,19H,5-9,11H2,1-2H3,(H,18,23)(H,20,21). The van der Waals surface area contributed by atoms with Crippen LogP contribution in [0.1, 0.15) is 24.2 Å². The van der Waals surface area contributed by atoms with E-state index < -0.39 is 0 Å². The van der Waals surface area contributed by atoms with Gasteiger partial charge in [-0.3, -0.25) is 14.8 Å². The van der Waals surface area contributed by atoms with Gasteiger partial charge in [-0.15, -0.1) is 0 Å². The maximum absolute atomic E-state index is 11.4. The first kappa shape index (κ1) is 16.7. The molecule has 1 fully saturated rings. The van der Waals surface area contributed by atoms with Crippen LogP contribution in [0.25, 0.3) is 11.5 Å². The molecule has 1 aliphatic heterocycles. The molecule has 0 spiro atoms. The predicted octanol–water partition coefficient (Wildman–Crippen LogP) is 1.28. The number of aromatic nitrogens is 2. The molecule has 7 heteroatoms. The minimum atomic E-state index is 0.0817. The first-order valence-electron chi connectivity index (χ1n) is 8.41. The Morgan fingerprint density at radius 1 is 1.42 bits per heavy atom. The number of hydrogen-bond acceptors (Lipinski definition) is 5. The Kier molecular flexibility index (Phi) is 5.32. The van der Waals surface area contributed by atoms with Crippen LogP contribution in [0.5, 0.6) is 0 Å². The first-order chi connectivity index (χ1) is 11.7. The van der Waals surface area contributed by atoms with Gasteiger partial charge in [-0.25, -0.2) is 0 Å². The smallest absolute Gasteiger partial charge is 0.233 e. The van der Waals surface area contributed by atoms with Crippen molar-refractivity contribution in [2.45, 2.75) is 32.4 Å². The zero-order valence-corrected chi connectivity index (χ0v) is 14.3. The van der Waals surface area contributed by atoms with Crippen LogP contribution in [-0.4, -0.2) is 53.7 Å². The topological polar surface area (TPSA) is 86.2 Å². The lowest BCUT2D eigenvalue weighted by Crippen LogP contribution is -2.45. The molecule has 2 aromatic heterocycles. The van der Waals surface area contributed by atoms with Crippen molar-refractivity contribution in [3.05, 3.63) is 29.7 Å². The third-order valence-electron chi connectivity index (χ3n) is 4.52. The molecule has 0 radical (unpaired) electrons. The van der Waals surface area contributed by atoms with E-state index in [2.05, 4.69) is 25.7 Å². The summed E-state index contributed by atoms with van der Waals surface area (Å²) in [4.78, 5) is 13.6. The molecule has 0 unspecified atom stereocenters. The van der Waals surface area contributed by atoms with Gasteiger partial charge in [0.1, 0.15) is 11.5 Å². The number of amides is 1. The summed E-state index contributed by atoms with van der Waals surface area (Å²) in [6.07, 6.45) is 3.94. The van der Waals surface area contributed by atoms with Gasteiger partial charge in [-0.05, 0) is 31.9 Å². The predicted molar refractivity (Wildman–Crippen MR) is 91.4 cm³/mol. The summed E-state index contributed by atoms with van der Waals surface area (Å²) in [6, 6.07) is 4.38. The van der Waals surface area contributed by atoms with Gasteiger partial charge in [0.2, 0.25) is 5.91 Å². The number of likely N-dealkylation sites (tertiary alicyclic amines) is 1. The van der Waals surface area contributed by atoms with Crippen molar-refractivity contribution in [3.63, 3.8) is 0 Å². The molecule has 24 heavy (non-hydrogen) atoms. The van der Waals surface area contributed by atoms with Gasteiger partial charge in [-0.1, -0.05) is 0 Å². The summed E-state index contributed by atoms with van der Waals surface area (Å²) in [5.74, 6) is 1.79. The zero-order valence-electron chi connectivity index (χ0n) is 14.3. The minimum absolute atomic E-state index is 0.0817. The number of furan rings is 1. The number of likely N-dealkylation sites (N-methyl/N-ethyl adjacent to an activating group) is 1. The van der Waals surface area contributed by atoms with E-state index in [-0.39, 0.29) is 5.91 Å². The Morgan fingerprint density at radius 3 is 2.88 bits per heavy atom. The van der Waals surface area contributed by atoms with Gasteiger partial charge < -0.3 is 15.1 Å². The van der Waals surface area contributed by atoms with Crippen molar-refractivity contribution < 1.29 is 9.21 Å². The Bertz CT molecular complexity index is 670. The molecule has 0 saturated carbocycles. The number of rotatable bonds is 6. The lowest BCUT2D eigenvalue weighted by molar-refractivity contribution is -0.122. The maximum atomic E-state index is 11.4. The number of H-pyrrole nitrogens is 1. The summed E-state index contributed by atoms with van der Waals surface area (Å²) < 4.78 is 5.68. The molecule has 0 atom stereocenters. The van der Waals surface area contributed by atoms with Crippen LogP contribution < -0.4 is 10.6 Å². The van der Waals surface area contributed by atoms with E-state index in [0.717, 1.165) is 55.3 Å². The van der Waals surface area contributed by atoms with Crippen LogP contribution in [0.4, 0.5) is 0 Å². The summed E-state index contributed by atoms with van der Waals surface area (Å²) in [5, 5.41) is 13.4. The average Bonchev–Trinajstić information content (AvgIpc) is 3.22. The quantitative estimate of drug-likeness (QED) is 0.742. The molecule has 130 valence electrons. The van der Waals surface area contributed by atoms with E-state index >= 15 is 0 Å². The SMILES string of the molecule is CNC(=O)CN1CCC(NCc2cn[nH]c2-c2ccc(C)o2)CC1. The summed E-state index contributed by atoms with van der Waals surface area (Å²) >= 11 is 0. The molecule has 3 heterocycles. The third-order valence-corrected chi connectivity index (χ3v) is 4.52. The van der Waals surface area contributed by atoms with Gasteiger partial charge in [0.25, 0.3) is 0 Å². The monoisotopic (exact) mass is 331 g/mol. The number of carbonyl (C=O) groups excluding carboxylic acids is 1. The lowest BCUT2D eigenvalue weighted by Gasteiger charge is -2.31. The van der Waals surface area contributed by atoms with Crippen LogP contribution >= 0.6 is 0 Å². The fourth-order valence-corrected chi connectivity index (χ4v) is 3.06. The Morgan fingerprint density at radius 2 is 2.21 bits per heavy atom. The van der Waals surface area contributed by atoms with Gasteiger partial charge in [0, 0.05) is 38.3 Å². The van der Waals surface area contributed by atoms with Crippen molar-refractivity contribution in [3.8, 4) is 11.5 Å².